The second-order valence-corrected chi connectivity index (χ2v) is 4.76. The van der Waals surface area contributed by atoms with Crippen molar-refractivity contribution >= 4 is 23.8 Å². The number of aliphatic carboxylic acids is 1. The van der Waals surface area contributed by atoms with E-state index in [0.29, 0.717) is 11.3 Å². The van der Waals surface area contributed by atoms with Gasteiger partial charge in [-0.1, -0.05) is 18.2 Å². The van der Waals surface area contributed by atoms with Gasteiger partial charge in [-0.3, -0.25) is 14.9 Å². The van der Waals surface area contributed by atoms with Crippen molar-refractivity contribution in [3.8, 4) is 5.75 Å². The number of nitro benzene ring substituents is 1. The normalized spacial score (nSPS) is 10.4. The number of benzene rings is 2. The van der Waals surface area contributed by atoms with E-state index in [2.05, 4.69) is 10.5 Å². The topological polar surface area (TPSA) is 131 Å². The molecule has 0 saturated carbocycles. The monoisotopic (exact) mass is 343 g/mol. The van der Waals surface area contributed by atoms with Crippen LogP contribution in [0.4, 0.5) is 5.69 Å². The molecule has 0 heterocycles. The van der Waals surface area contributed by atoms with Crippen LogP contribution < -0.4 is 10.2 Å². The highest BCUT2D eigenvalue weighted by molar-refractivity contribution is 5.95. The number of carboxylic acid groups (broad SMARTS) is 1. The summed E-state index contributed by atoms with van der Waals surface area (Å²) < 4.78 is 5.03. The molecule has 2 rings (SSSR count). The molecule has 0 bridgehead atoms. The molecule has 0 aliphatic heterocycles. The van der Waals surface area contributed by atoms with Gasteiger partial charge in [0.15, 0.2) is 6.61 Å². The summed E-state index contributed by atoms with van der Waals surface area (Å²) in [4.78, 5) is 32.5. The van der Waals surface area contributed by atoms with Crippen LogP contribution in [0, 0.1) is 10.1 Å². The standard InChI is InChI=1S/C16H13N3O6/c20-15(21)10-25-14-6-1-3-11(7-14)9-17-18-16(22)12-4-2-5-13(8-12)19(23)24/h1-9H,10H2,(H,18,22)(H,20,21)/b17-9-. The molecule has 9 heteroatoms. The number of carbonyl (C=O) groups is 2. The van der Waals surface area contributed by atoms with Crippen LogP contribution in [0.2, 0.25) is 0 Å². The van der Waals surface area contributed by atoms with Gasteiger partial charge in [-0.25, -0.2) is 10.2 Å². The highest BCUT2D eigenvalue weighted by Gasteiger charge is 2.10. The molecular formula is C16H13N3O6. The van der Waals surface area contributed by atoms with E-state index in [-0.39, 0.29) is 11.3 Å². The summed E-state index contributed by atoms with van der Waals surface area (Å²) in [5.41, 5.74) is 2.73. The first-order chi connectivity index (χ1) is 12.0. The number of hydrogen-bond acceptors (Lipinski definition) is 6. The van der Waals surface area contributed by atoms with Gasteiger partial charge in [0, 0.05) is 17.7 Å². The zero-order valence-electron chi connectivity index (χ0n) is 12.8. The van der Waals surface area contributed by atoms with Crippen molar-refractivity contribution in [2.75, 3.05) is 6.61 Å². The summed E-state index contributed by atoms with van der Waals surface area (Å²) in [5.74, 6) is -1.35. The van der Waals surface area contributed by atoms with Crippen LogP contribution in [0.15, 0.2) is 53.6 Å². The molecule has 0 fully saturated rings. The molecule has 9 nitrogen and oxygen atoms in total. The Kier molecular flexibility index (Phi) is 5.77. The number of nitro groups is 1. The van der Waals surface area contributed by atoms with Crippen molar-refractivity contribution in [1.29, 1.82) is 0 Å². The number of nitrogens with one attached hydrogen (secondary N) is 1. The van der Waals surface area contributed by atoms with Crippen molar-refractivity contribution in [3.05, 3.63) is 69.8 Å². The number of nitrogens with zero attached hydrogens (tertiary/aromatic N) is 2. The number of hydrogen-bond donors (Lipinski definition) is 2. The van der Waals surface area contributed by atoms with E-state index in [9.17, 15) is 19.7 Å². The Morgan fingerprint density at radius 1 is 1.24 bits per heavy atom. The second-order valence-electron chi connectivity index (χ2n) is 4.76. The molecule has 0 spiro atoms. The smallest absolute Gasteiger partial charge is 0.341 e. The summed E-state index contributed by atoms with van der Waals surface area (Å²) in [6, 6.07) is 11.7. The second kappa shape index (κ2) is 8.20. The first-order valence-corrected chi connectivity index (χ1v) is 6.98. The summed E-state index contributed by atoms with van der Waals surface area (Å²) in [6.45, 7) is -0.468. The summed E-state index contributed by atoms with van der Waals surface area (Å²) in [7, 11) is 0. The molecule has 128 valence electrons. The number of rotatable bonds is 7. The predicted molar refractivity (Wildman–Crippen MR) is 87.7 cm³/mol. The van der Waals surface area contributed by atoms with E-state index in [1.807, 2.05) is 0 Å². The van der Waals surface area contributed by atoms with Crippen LogP contribution in [-0.2, 0) is 4.79 Å². The minimum atomic E-state index is -1.09. The SMILES string of the molecule is O=C(O)COc1cccc(/C=N\NC(=O)c2cccc([N+](=O)[O-])c2)c1. The van der Waals surface area contributed by atoms with Crippen molar-refractivity contribution in [2.45, 2.75) is 0 Å². The lowest BCUT2D eigenvalue weighted by atomic mass is 10.2. The number of carbonyl (C=O) groups excluding carboxylic acids is 1. The lowest BCUT2D eigenvalue weighted by Crippen LogP contribution is -2.17. The molecule has 25 heavy (non-hydrogen) atoms. The Balaban J connectivity index is 1.99. The molecule has 0 aliphatic rings. The van der Waals surface area contributed by atoms with Gasteiger partial charge in [0.2, 0.25) is 0 Å². The van der Waals surface area contributed by atoms with Gasteiger partial charge in [0.25, 0.3) is 11.6 Å². The average Bonchev–Trinajstić information content (AvgIpc) is 2.60. The van der Waals surface area contributed by atoms with Crippen LogP contribution in [0.3, 0.4) is 0 Å². The molecule has 0 atom stereocenters. The van der Waals surface area contributed by atoms with E-state index < -0.39 is 23.4 Å². The highest BCUT2D eigenvalue weighted by Crippen LogP contribution is 2.13. The largest absolute Gasteiger partial charge is 0.482 e. The van der Waals surface area contributed by atoms with Crippen molar-refractivity contribution in [3.63, 3.8) is 0 Å². The van der Waals surface area contributed by atoms with Gasteiger partial charge in [-0.2, -0.15) is 5.10 Å². The van der Waals surface area contributed by atoms with E-state index >= 15 is 0 Å². The van der Waals surface area contributed by atoms with Crippen LogP contribution >= 0.6 is 0 Å². The summed E-state index contributed by atoms with van der Waals surface area (Å²) in [5, 5.41) is 23.0. The van der Waals surface area contributed by atoms with Crippen molar-refractivity contribution in [2.24, 2.45) is 5.10 Å². The minimum absolute atomic E-state index is 0.102. The van der Waals surface area contributed by atoms with Crippen LogP contribution in [-0.4, -0.2) is 34.7 Å². The Morgan fingerprint density at radius 2 is 2.00 bits per heavy atom. The third-order valence-corrected chi connectivity index (χ3v) is 2.92. The van der Waals surface area contributed by atoms with Crippen LogP contribution in [0.25, 0.3) is 0 Å². The lowest BCUT2D eigenvalue weighted by Gasteiger charge is -2.03. The Hall–Kier alpha value is -3.75. The first-order valence-electron chi connectivity index (χ1n) is 6.98. The van der Waals surface area contributed by atoms with Crippen LogP contribution in [0.5, 0.6) is 5.75 Å². The summed E-state index contributed by atoms with van der Waals surface area (Å²) >= 11 is 0. The molecule has 1 amide bonds. The molecule has 2 aromatic rings. The van der Waals surface area contributed by atoms with E-state index in [4.69, 9.17) is 9.84 Å². The van der Waals surface area contributed by atoms with Gasteiger partial charge in [0.1, 0.15) is 5.75 Å². The zero-order valence-corrected chi connectivity index (χ0v) is 12.8. The van der Waals surface area contributed by atoms with E-state index in [0.717, 1.165) is 6.07 Å². The Morgan fingerprint density at radius 3 is 2.72 bits per heavy atom. The third kappa shape index (κ3) is 5.43. The number of ether oxygens (including phenoxy) is 1. The molecule has 0 radical (unpaired) electrons. The minimum Gasteiger partial charge on any atom is -0.482 e. The van der Waals surface area contributed by atoms with Gasteiger partial charge in [0.05, 0.1) is 11.1 Å². The molecule has 0 unspecified atom stereocenters. The molecule has 0 aromatic heterocycles. The molecular weight excluding hydrogens is 330 g/mol. The number of amides is 1. The van der Waals surface area contributed by atoms with E-state index in [1.54, 1.807) is 24.3 Å². The van der Waals surface area contributed by atoms with Crippen LogP contribution in [0.1, 0.15) is 15.9 Å². The van der Waals surface area contributed by atoms with Crippen molar-refractivity contribution < 1.29 is 24.4 Å². The molecule has 0 saturated heterocycles. The predicted octanol–water partition coefficient (Wildman–Crippen LogP) is 1.82. The van der Waals surface area contributed by atoms with Gasteiger partial charge < -0.3 is 9.84 Å². The lowest BCUT2D eigenvalue weighted by molar-refractivity contribution is -0.384. The Labute approximate surface area is 141 Å². The maximum Gasteiger partial charge on any atom is 0.341 e. The number of hydrazone groups is 1. The highest BCUT2D eigenvalue weighted by atomic mass is 16.6. The Bertz CT molecular complexity index is 834. The fourth-order valence-electron chi connectivity index (χ4n) is 1.82. The third-order valence-electron chi connectivity index (χ3n) is 2.92. The quantitative estimate of drug-likeness (QED) is 0.448. The summed E-state index contributed by atoms with van der Waals surface area (Å²) in [6.07, 6.45) is 1.34. The molecule has 0 aliphatic carbocycles. The average molecular weight is 343 g/mol. The first kappa shape index (κ1) is 17.6. The molecule has 2 N–H and O–H groups in total. The fourth-order valence-corrected chi connectivity index (χ4v) is 1.82. The zero-order chi connectivity index (χ0) is 18.2. The van der Waals surface area contributed by atoms with Gasteiger partial charge in [-0.15, -0.1) is 0 Å². The van der Waals surface area contributed by atoms with Gasteiger partial charge >= 0.3 is 5.97 Å². The van der Waals surface area contributed by atoms with Crippen molar-refractivity contribution in [1.82, 2.24) is 5.43 Å². The fraction of sp³-hybridized carbons (Fsp3) is 0.0625. The number of carboxylic acids is 1. The van der Waals surface area contributed by atoms with E-state index in [1.165, 1.54) is 24.4 Å². The maximum atomic E-state index is 11.9. The maximum absolute atomic E-state index is 11.9. The molecule has 2 aromatic carbocycles. The number of non-ortho nitro benzene ring substituents is 1. The van der Waals surface area contributed by atoms with Gasteiger partial charge in [-0.05, 0) is 23.8 Å².